The van der Waals surface area contributed by atoms with Gasteiger partial charge in [0.05, 0.1) is 0 Å². The Morgan fingerprint density at radius 1 is 0.500 bits per heavy atom. The molecule has 0 N–H and O–H groups in total. The summed E-state index contributed by atoms with van der Waals surface area (Å²) in [6, 6.07) is 0. The Labute approximate surface area is 103 Å². The van der Waals surface area contributed by atoms with Crippen LogP contribution in [-0.4, -0.2) is 29.9 Å². The first kappa shape index (κ1) is 15.3. The van der Waals surface area contributed by atoms with E-state index < -0.39 is 23.1 Å². The van der Waals surface area contributed by atoms with Crippen molar-refractivity contribution in [3.8, 4) is 0 Å². The topological polar surface area (TPSA) is 85.3 Å². The molecule has 5 heteroatoms. The minimum Gasteiger partial charge on any atom is -0.307 e. The average molecular weight is 246 g/mol. The minimum atomic E-state index is -0.437. The molecule has 0 saturated heterocycles. The van der Waals surface area contributed by atoms with Crippen molar-refractivity contribution in [2.24, 2.45) is 0 Å². The standard InChI is InChI=1S/2C6H4O2.CH2O/c2*7-5-3-1-2-4-6(5)8;1-2/h2*1-4H;1H2. The molecule has 0 bridgehead atoms. The van der Waals surface area contributed by atoms with Gasteiger partial charge in [-0.3, -0.25) is 19.2 Å². The van der Waals surface area contributed by atoms with E-state index in [0.717, 1.165) is 0 Å². The van der Waals surface area contributed by atoms with Crippen molar-refractivity contribution in [2.45, 2.75) is 0 Å². The lowest BCUT2D eigenvalue weighted by Crippen LogP contribution is -2.08. The lowest BCUT2D eigenvalue weighted by molar-refractivity contribution is -0.131. The molecular formula is C13H10O5. The molecule has 0 atom stereocenters. The van der Waals surface area contributed by atoms with Crippen molar-refractivity contribution in [1.82, 2.24) is 0 Å². The lowest BCUT2D eigenvalue weighted by atomic mass is 10.1. The van der Waals surface area contributed by atoms with Gasteiger partial charge < -0.3 is 4.79 Å². The number of allylic oxidation sites excluding steroid dienone is 8. The zero-order valence-corrected chi connectivity index (χ0v) is 9.37. The summed E-state index contributed by atoms with van der Waals surface area (Å²) in [4.78, 5) is 49.2. The fourth-order valence-electron chi connectivity index (χ4n) is 0.900. The van der Waals surface area contributed by atoms with Gasteiger partial charge in [-0.2, -0.15) is 0 Å². The van der Waals surface area contributed by atoms with Gasteiger partial charge in [0, 0.05) is 0 Å². The molecule has 92 valence electrons. The van der Waals surface area contributed by atoms with Gasteiger partial charge in [-0.05, 0) is 24.3 Å². The normalized spacial score (nSPS) is 15.8. The molecule has 0 unspecified atom stereocenters. The van der Waals surface area contributed by atoms with Crippen LogP contribution in [0.5, 0.6) is 0 Å². The zero-order chi connectivity index (χ0) is 14.0. The van der Waals surface area contributed by atoms with Crippen LogP contribution in [0.15, 0.2) is 48.6 Å². The molecule has 18 heavy (non-hydrogen) atoms. The van der Waals surface area contributed by atoms with E-state index in [2.05, 4.69) is 0 Å². The highest BCUT2D eigenvalue weighted by atomic mass is 16.2. The molecule has 0 aromatic rings. The van der Waals surface area contributed by atoms with Gasteiger partial charge in [0.15, 0.2) is 0 Å². The average Bonchev–Trinajstić information content (AvgIpc) is 2.40. The van der Waals surface area contributed by atoms with Crippen LogP contribution in [0, 0.1) is 0 Å². The van der Waals surface area contributed by atoms with E-state index in [9.17, 15) is 19.2 Å². The van der Waals surface area contributed by atoms with E-state index in [1.807, 2.05) is 6.79 Å². The second kappa shape index (κ2) is 8.46. The summed E-state index contributed by atoms with van der Waals surface area (Å²) in [6.07, 6.45) is 11.2. The fourth-order valence-corrected chi connectivity index (χ4v) is 0.900. The molecule has 2 aliphatic carbocycles. The Hall–Kier alpha value is -2.69. The Balaban J connectivity index is 0.000000283. The number of carbonyl (C=O) groups is 5. The fraction of sp³-hybridized carbons (Fsp3) is 0. The number of ketones is 4. The van der Waals surface area contributed by atoms with Crippen LogP contribution >= 0.6 is 0 Å². The Bertz CT molecular complexity index is 390. The largest absolute Gasteiger partial charge is 0.307 e. The Morgan fingerprint density at radius 2 is 0.667 bits per heavy atom. The minimum absolute atomic E-state index is 0.437. The number of rotatable bonds is 0. The molecular weight excluding hydrogens is 236 g/mol. The highest BCUT2D eigenvalue weighted by molar-refractivity contribution is 6.46. The smallest absolute Gasteiger partial charge is 0.225 e. The quantitative estimate of drug-likeness (QED) is 0.453. The molecule has 0 saturated carbocycles. The number of hydrogen-bond donors (Lipinski definition) is 0. The summed E-state index contributed by atoms with van der Waals surface area (Å²) < 4.78 is 0. The maximum atomic E-state index is 10.3. The van der Waals surface area contributed by atoms with Gasteiger partial charge in [-0.15, -0.1) is 0 Å². The van der Waals surface area contributed by atoms with E-state index in [1.54, 1.807) is 24.3 Å². The van der Waals surface area contributed by atoms with E-state index in [1.165, 1.54) is 24.3 Å². The van der Waals surface area contributed by atoms with Crippen LogP contribution in [0.2, 0.25) is 0 Å². The third-order valence-corrected chi connectivity index (χ3v) is 1.70. The SMILES string of the molecule is C=O.O=C1C=CC=CC1=O.O=C1C=CC=CC1=O. The van der Waals surface area contributed by atoms with E-state index in [0.29, 0.717) is 0 Å². The Morgan fingerprint density at radius 3 is 0.778 bits per heavy atom. The monoisotopic (exact) mass is 246 g/mol. The molecule has 0 spiro atoms. The maximum absolute atomic E-state index is 10.3. The van der Waals surface area contributed by atoms with Crippen LogP contribution in [0.4, 0.5) is 0 Å². The highest BCUT2D eigenvalue weighted by Crippen LogP contribution is 1.91. The lowest BCUT2D eigenvalue weighted by Gasteiger charge is -1.88. The predicted octanol–water partition coefficient (Wildman–Crippen LogP) is 0.316. The van der Waals surface area contributed by atoms with Gasteiger partial charge in [0.1, 0.15) is 6.79 Å². The van der Waals surface area contributed by atoms with Crippen LogP contribution in [-0.2, 0) is 24.0 Å². The second-order valence-corrected chi connectivity index (χ2v) is 2.89. The van der Waals surface area contributed by atoms with Gasteiger partial charge in [0.25, 0.3) is 0 Å². The van der Waals surface area contributed by atoms with Crippen LogP contribution in [0.25, 0.3) is 0 Å². The summed E-state index contributed by atoms with van der Waals surface area (Å²) in [5.74, 6) is -1.75. The van der Waals surface area contributed by atoms with Crippen molar-refractivity contribution in [2.75, 3.05) is 0 Å². The first-order valence-electron chi connectivity index (χ1n) is 4.76. The maximum Gasteiger partial charge on any atom is 0.225 e. The molecule has 0 aromatic carbocycles. The van der Waals surface area contributed by atoms with Crippen molar-refractivity contribution < 1.29 is 24.0 Å². The second-order valence-electron chi connectivity index (χ2n) is 2.89. The molecule has 0 fully saturated rings. The molecule has 2 rings (SSSR count). The molecule has 0 aromatic heterocycles. The van der Waals surface area contributed by atoms with E-state index in [-0.39, 0.29) is 0 Å². The molecule has 0 radical (unpaired) electrons. The van der Waals surface area contributed by atoms with Crippen molar-refractivity contribution in [1.29, 1.82) is 0 Å². The number of hydrogen-bond acceptors (Lipinski definition) is 5. The van der Waals surface area contributed by atoms with Gasteiger partial charge in [0.2, 0.25) is 23.1 Å². The van der Waals surface area contributed by atoms with E-state index >= 15 is 0 Å². The summed E-state index contributed by atoms with van der Waals surface area (Å²) >= 11 is 0. The third-order valence-electron chi connectivity index (χ3n) is 1.70. The summed E-state index contributed by atoms with van der Waals surface area (Å²) in [5, 5.41) is 0. The summed E-state index contributed by atoms with van der Waals surface area (Å²) in [7, 11) is 0. The van der Waals surface area contributed by atoms with Gasteiger partial charge in [-0.1, -0.05) is 24.3 Å². The Kier molecular flexibility index (Phi) is 7.20. The molecule has 0 amide bonds. The van der Waals surface area contributed by atoms with E-state index in [4.69, 9.17) is 4.79 Å². The van der Waals surface area contributed by atoms with Crippen molar-refractivity contribution >= 4 is 29.9 Å². The van der Waals surface area contributed by atoms with Crippen molar-refractivity contribution in [3.05, 3.63) is 48.6 Å². The molecule has 0 heterocycles. The zero-order valence-electron chi connectivity index (χ0n) is 9.37. The van der Waals surface area contributed by atoms with Crippen LogP contribution in [0.1, 0.15) is 0 Å². The van der Waals surface area contributed by atoms with Gasteiger partial charge >= 0.3 is 0 Å². The first-order valence-corrected chi connectivity index (χ1v) is 4.76. The summed E-state index contributed by atoms with van der Waals surface area (Å²) in [6.45, 7) is 2.00. The first-order chi connectivity index (χ1) is 8.61. The molecule has 5 nitrogen and oxygen atoms in total. The number of carbonyl (C=O) groups excluding carboxylic acids is 5. The van der Waals surface area contributed by atoms with Crippen molar-refractivity contribution in [3.63, 3.8) is 0 Å². The van der Waals surface area contributed by atoms with Gasteiger partial charge in [-0.25, -0.2) is 0 Å². The third kappa shape index (κ3) is 5.41. The predicted molar refractivity (Wildman–Crippen MR) is 63.7 cm³/mol. The summed E-state index contributed by atoms with van der Waals surface area (Å²) in [5.41, 5.74) is 0. The van der Waals surface area contributed by atoms with Crippen LogP contribution in [0.3, 0.4) is 0 Å². The van der Waals surface area contributed by atoms with Crippen LogP contribution < -0.4 is 0 Å². The highest BCUT2D eigenvalue weighted by Gasteiger charge is 2.07. The molecule has 2 aliphatic rings. The molecule has 0 aliphatic heterocycles.